The zero-order valence-electron chi connectivity index (χ0n) is 11.3. The number of rotatable bonds is 3. The van der Waals surface area contributed by atoms with E-state index in [0.717, 1.165) is 10.0 Å². The molecule has 0 aliphatic heterocycles. The fraction of sp³-hybridized carbons (Fsp3) is 0.133. The lowest BCUT2D eigenvalue weighted by molar-refractivity contribution is 0.102. The van der Waals surface area contributed by atoms with Gasteiger partial charge in [-0.25, -0.2) is 4.39 Å². The fourth-order valence-corrected chi connectivity index (χ4v) is 2.97. The van der Waals surface area contributed by atoms with E-state index in [9.17, 15) is 9.18 Å². The van der Waals surface area contributed by atoms with Gasteiger partial charge in [-0.15, -0.1) is 0 Å². The van der Waals surface area contributed by atoms with E-state index in [-0.39, 0.29) is 5.91 Å². The minimum Gasteiger partial charge on any atom is -0.495 e. The monoisotopic (exact) mass is 415 g/mol. The number of carbonyl (C=O) groups is 1. The number of amides is 1. The number of halogens is 3. The molecule has 0 fully saturated rings. The summed E-state index contributed by atoms with van der Waals surface area (Å²) >= 11 is 6.56. The van der Waals surface area contributed by atoms with Crippen molar-refractivity contribution in [3.8, 4) is 5.75 Å². The summed E-state index contributed by atoms with van der Waals surface area (Å²) in [5, 5.41) is 2.80. The number of hydrogen-bond donors (Lipinski definition) is 1. The molecule has 1 amide bonds. The normalized spacial score (nSPS) is 10.3. The molecule has 0 saturated carbocycles. The molecule has 0 aliphatic rings. The number of carbonyl (C=O) groups excluding carboxylic acids is 1. The quantitative estimate of drug-likeness (QED) is 0.771. The summed E-state index contributed by atoms with van der Waals surface area (Å²) in [6.45, 7) is 1.86. The molecule has 1 N–H and O–H groups in total. The Morgan fingerprint density at radius 3 is 2.57 bits per heavy atom. The molecule has 0 spiro atoms. The third-order valence-corrected chi connectivity index (χ3v) is 4.01. The number of benzene rings is 2. The highest BCUT2D eigenvalue weighted by Crippen LogP contribution is 2.32. The number of aryl methyl sites for hydroxylation is 1. The molecule has 2 aromatic carbocycles. The number of ether oxygens (including phenoxy) is 1. The van der Waals surface area contributed by atoms with Gasteiger partial charge in [0.1, 0.15) is 11.6 Å². The molecule has 0 saturated heterocycles. The van der Waals surface area contributed by atoms with Gasteiger partial charge in [0.25, 0.3) is 5.91 Å². The smallest absolute Gasteiger partial charge is 0.256 e. The molecule has 21 heavy (non-hydrogen) atoms. The van der Waals surface area contributed by atoms with Crippen molar-refractivity contribution in [1.82, 2.24) is 0 Å². The molecule has 0 aromatic heterocycles. The van der Waals surface area contributed by atoms with E-state index in [1.54, 1.807) is 6.07 Å². The second-order valence-corrected chi connectivity index (χ2v) is 6.15. The maximum atomic E-state index is 13.1. The van der Waals surface area contributed by atoms with Crippen LogP contribution in [0.1, 0.15) is 15.9 Å². The third kappa shape index (κ3) is 3.63. The number of methoxy groups -OCH3 is 1. The lowest BCUT2D eigenvalue weighted by Gasteiger charge is -2.14. The van der Waals surface area contributed by atoms with Crippen molar-refractivity contribution >= 4 is 43.5 Å². The van der Waals surface area contributed by atoms with Crippen molar-refractivity contribution in [3.63, 3.8) is 0 Å². The highest BCUT2D eigenvalue weighted by molar-refractivity contribution is 9.10. The van der Waals surface area contributed by atoms with Crippen LogP contribution in [0.15, 0.2) is 39.3 Å². The van der Waals surface area contributed by atoms with Crippen LogP contribution in [-0.4, -0.2) is 13.0 Å². The lowest BCUT2D eigenvalue weighted by atomic mass is 10.1. The molecule has 0 aliphatic carbocycles. The minimum absolute atomic E-state index is 0.342. The standard InChI is InChI=1S/C15H12Br2FNO2/c1-8-5-9(16)6-13(21-2)14(8)19-15(20)11-4-3-10(18)7-12(11)17/h3-7H,1-2H3,(H,19,20). The van der Waals surface area contributed by atoms with E-state index in [1.807, 2.05) is 13.0 Å². The van der Waals surface area contributed by atoms with Crippen LogP contribution in [-0.2, 0) is 0 Å². The second kappa shape index (κ2) is 6.58. The second-order valence-electron chi connectivity index (χ2n) is 4.38. The molecule has 0 heterocycles. The van der Waals surface area contributed by atoms with Gasteiger partial charge in [-0.1, -0.05) is 15.9 Å². The van der Waals surface area contributed by atoms with E-state index >= 15 is 0 Å². The first-order valence-corrected chi connectivity index (χ1v) is 7.61. The zero-order valence-corrected chi connectivity index (χ0v) is 14.5. The Hall–Kier alpha value is -1.40. The van der Waals surface area contributed by atoms with Gasteiger partial charge in [0.05, 0.1) is 18.4 Å². The van der Waals surface area contributed by atoms with E-state index in [0.29, 0.717) is 21.5 Å². The van der Waals surface area contributed by atoms with Gasteiger partial charge in [-0.2, -0.15) is 0 Å². The summed E-state index contributed by atoms with van der Waals surface area (Å²) < 4.78 is 19.6. The van der Waals surface area contributed by atoms with Crippen LogP contribution >= 0.6 is 31.9 Å². The average Bonchev–Trinajstić information content (AvgIpc) is 2.41. The van der Waals surface area contributed by atoms with Gasteiger partial charge in [0.15, 0.2) is 0 Å². The maximum Gasteiger partial charge on any atom is 0.256 e. The molecule has 3 nitrogen and oxygen atoms in total. The molecule has 0 bridgehead atoms. The number of hydrogen-bond acceptors (Lipinski definition) is 2. The molecule has 6 heteroatoms. The Balaban J connectivity index is 2.36. The predicted molar refractivity (Wildman–Crippen MR) is 87.5 cm³/mol. The first-order chi connectivity index (χ1) is 9.92. The molecule has 0 atom stereocenters. The number of nitrogens with one attached hydrogen (secondary N) is 1. The Bertz CT molecular complexity index is 704. The summed E-state index contributed by atoms with van der Waals surface area (Å²) in [6.07, 6.45) is 0. The summed E-state index contributed by atoms with van der Waals surface area (Å²) in [5.41, 5.74) is 1.79. The lowest BCUT2D eigenvalue weighted by Crippen LogP contribution is -2.14. The molecule has 2 rings (SSSR count). The largest absolute Gasteiger partial charge is 0.495 e. The maximum absolute atomic E-state index is 13.1. The SMILES string of the molecule is COc1cc(Br)cc(C)c1NC(=O)c1ccc(F)cc1Br. The summed E-state index contributed by atoms with van der Waals surface area (Å²) in [6, 6.07) is 7.56. The van der Waals surface area contributed by atoms with Gasteiger partial charge >= 0.3 is 0 Å². The number of anilines is 1. The predicted octanol–water partition coefficient (Wildman–Crippen LogP) is 4.92. The van der Waals surface area contributed by atoms with Crippen LogP contribution in [0.4, 0.5) is 10.1 Å². The van der Waals surface area contributed by atoms with Gasteiger partial charge in [0.2, 0.25) is 0 Å². The first-order valence-electron chi connectivity index (χ1n) is 6.03. The van der Waals surface area contributed by atoms with E-state index in [4.69, 9.17) is 4.74 Å². The van der Waals surface area contributed by atoms with Crippen molar-refractivity contribution in [1.29, 1.82) is 0 Å². The summed E-state index contributed by atoms with van der Waals surface area (Å²) in [5.74, 6) is -0.199. The van der Waals surface area contributed by atoms with E-state index < -0.39 is 5.82 Å². The van der Waals surface area contributed by atoms with Crippen LogP contribution in [0.5, 0.6) is 5.75 Å². The van der Waals surface area contributed by atoms with Gasteiger partial charge < -0.3 is 10.1 Å². The highest BCUT2D eigenvalue weighted by Gasteiger charge is 2.15. The fourth-order valence-electron chi connectivity index (χ4n) is 1.89. The third-order valence-electron chi connectivity index (χ3n) is 2.90. The van der Waals surface area contributed by atoms with Crippen LogP contribution in [0.2, 0.25) is 0 Å². The van der Waals surface area contributed by atoms with Crippen molar-refractivity contribution in [2.45, 2.75) is 6.92 Å². The van der Waals surface area contributed by atoms with Crippen LogP contribution < -0.4 is 10.1 Å². The topological polar surface area (TPSA) is 38.3 Å². The highest BCUT2D eigenvalue weighted by atomic mass is 79.9. The van der Waals surface area contributed by atoms with Gasteiger partial charge in [0, 0.05) is 8.95 Å². The Morgan fingerprint density at radius 1 is 1.24 bits per heavy atom. The first kappa shape index (κ1) is 16.0. The Labute approximate surface area is 138 Å². The van der Waals surface area contributed by atoms with E-state index in [2.05, 4.69) is 37.2 Å². The van der Waals surface area contributed by atoms with Gasteiger partial charge in [-0.3, -0.25) is 4.79 Å². The average molecular weight is 417 g/mol. The molecular formula is C15H12Br2FNO2. The zero-order chi connectivity index (χ0) is 15.6. The van der Waals surface area contributed by atoms with Crippen LogP contribution in [0.25, 0.3) is 0 Å². The summed E-state index contributed by atoms with van der Waals surface area (Å²) in [7, 11) is 1.53. The summed E-state index contributed by atoms with van der Waals surface area (Å²) in [4.78, 5) is 12.3. The van der Waals surface area contributed by atoms with Crippen molar-refractivity contribution < 1.29 is 13.9 Å². The molecule has 110 valence electrons. The Kier molecular flexibility index (Phi) is 5.00. The van der Waals surface area contributed by atoms with E-state index in [1.165, 1.54) is 25.3 Å². The van der Waals surface area contributed by atoms with Gasteiger partial charge in [-0.05, 0) is 58.7 Å². The van der Waals surface area contributed by atoms with Crippen molar-refractivity contribution in [3.05, 3.63) is 56.2 Å². The molecule has 2 aromatic rings. The van der Waals surface area contributed by atoms with Crippen molar-refractivity contribution in [2.24, 2.45) is 0 Å². The molecular weight excluding hydrogens is 405 g/mol. The van der Waals surface area contributed by atoms with Crippen LogP contribution in [0.3, 0.4) is 0 Å². The van der Waals surface area contributed by atoms with Crippen LogP contribution in [0, 0.1) is 12.7 Å². The Morgan fingerprint density at radius 2 is 1.95 bits per heavy atom. The molecule has 0 radical (unpaired) electrons. The molecule has 0 unspecified atom stereocenters. The van der Waals surface area contributed by atoms with Crippen molar-refractivity contribution in [2.75, 3.05) is 12.4 Å². The minimum atomic E-state index is -0.407.